The molecule has 2 N–H and O–H groups in total. The van der Waals surface area contributed by atoms with Crippen molar-refractivity contribution < 1.29 is 13.2 Å². The molecule has 2 heterocycles. The molecule has 1 aromatic rings. The van der Waals surface area contributed by atoms with E-state index in [-0.39, 0.29) is 18.9 Å². The predicted octanol–water partition coefficient (Wildman–Crippen LogP) is 0.129. The van der Waals surface area contributed by atoms with Gasteiger partial charge in [0, 0.05) is 25.4 Å². The lowest BCUT2D eigenvalue weighted by atomic mass is 10.3. The summed E-state index contributed by atoms with van der Waals surface area (Å²) in [5, 5.41) is 4.46. The van der Waals surface area contributed by atoms with Gasteiger partial charge >= 0.3 is 0 Å². The molecule has 0 aliphatic carbocycles. The molecular weight excluding hydrogens is 266 g/mol. The minimum Gasteiger partial charge on any atom is -0.309 e. The molecule has 1 aromatic heterocycles. The molecule has 0 spiro atoms. The third-order valence-corrected chi connectivity index (χ3v) is 4.13. The maximum absolute atomic E-state index is 11.7. The fourth-order valence-electron chi connectivity index (χ4n) is 1.71. The van der Waals surface area contributed by atoms with Gasteiger partial charge in [-0.25, -0.2) is 13.6 Å². The minimum absolute atomic E-state index is 0.0292. The summed E-state index contributed by atoms with van der Waals surface area (Å²) in [7, 11) is -3.71. The molecule has 17 heavy (non-hydrogen) atoms. The van der Waals surface area contributed by atoms with Crippen molar-refractivity contribution in [1.29, 1.82) is 0 Å². The number of aromatic nitrogens is 1. The Bertz CT molecular complexity index is 560. The van der Waals surface area contributed by atoms with Crippen LogP contribution in [0.25, 0.3) is 0 Å². The number of carbonyl (C=O) groups is 1. The second kappa shape index (κ2) is 4.25. The van der Waals surface area contributed by atoms with Gasteiger partial charge in [-0.05, 0) is 6.07 Å². The molecule has 1 aliphatic heterocycles. The fraction of sp³-hybridized carbons (Fsp3) is 0.333. The van der Waals surface area contributed by atoms with Crippen molar-refractivity contribution in [3.63, 3.8) is 0 Å². The Balaban J connectivity index is 2.31. The molecule has 0 aromatic carbocycles. The van der Waals surface area contributed by atoms with Crippen LogP contribution in [-0.2, 0) is 14.8 Å². The topological polar surface area (TPSA) is 93.4 Å². The molecule has 1 amide bonds. The van der Waals surface area contributed by atoms with Gasteiger partial charge in [0.25, 0.3) is 0 Å². The van der Waals surface area contributed by atoms with E-state index in [1.807, 2.05) is 0 Å². The first-order valence-corrected chi connectivity index (χ1v) is 6.80. The van der Waals surface area contributed by atoms with Crippen LogP contribution in [-0.4, -0.2) is 31.1 Å². The maximum Gasteiger partial charge on any atom is 0.228 e. The van der Waals surface area contributed by atoms with Crippen LogP contribution in [0.1, 0.15) is 6.42 Å². The third kappa shape index (κ3) is 2.41. The highest BCUT2D eigenvalue weighted by atomic mass is 35.5. The number of hydrogen-bond donors (Lipinski definition) is 1. The minimum atomic E-state index is -3.71. The Hall–Kier alpha value is -1.18. The van der Waals surface area contributed by atoms with Crippen LogP contribution in [0.3, 0.4) is 0 Å². The van der Waals surface area contributed by atoms with Gasteiger partial charge in [-0.2, -0.15) is 0 Å². The summed E-state index contributed by atoms with van der Waals surface area (Å²) < 4.78 is 22.4. The summed E-state index contributed by atoms with van der Waals surface area (Å²) in [6, 6.07) is 1.56. The van der Waals surface area contributed by atoms with Crippen LogP contribution in [0, 0.1) is 0 Å². The number of pyridine rings is 1. The summed E-state index contributed by atoms with van der Waals surface area (Å²) in [5.74, 6) is -0.308. The van der Waals surface area contributed by atoms with Crippen molar-refractivity contribution in [3.8, 4) is 0 Å². The summed E-state index contributed by atoms with van der Waals surface area (Å²) in [4.78, 5) is 16.8. The normalized spacial score (nSPS) is 20.9. The molecule has 92 valence electrons. The highest BCUT2D eigenvalue weighted by Gasteiger charge is 2.37. The molecule has 1 saturated heterocycles. The number of amides is 1. The Labute approximate surface area is 103 Å². The average Bonchev–Trinajstić information content (AvgIpc) is 2.61. The van der Waals surface area contributed by atoms with Crippen molar-refractivity contribution in [2.24, 2.45) is 5.14 Å². The number of rotatable bonds is 2. The number of sulfonamides is 1. The van der Waals surface area contributed by atoms with Gasteiger partial charge in [0.15, 0.2) is 0 Å². The van der Waals surface area contributed by atoms with Gasteiger partial charge in [0.1, 0.15) is 5.25 Å². The van der Waals surface area contributed by atoms with Gasteiger partial charge in [0.05, 0.1) is 10.7 Å². The molecular formula is C9H10ClN3O3S. The molecule has 0 radical (unpaired) electrons. The number of primary sulfonamides is 1. The lowest BCUT2D eigenvalue weighted by molar-refractivity contribution is -0.117. The average molecular weight is 276 g/mol. The van der Waals surface area contributed by atoms with Gasteiger partial charge in [-0.1, -0.05) is 11.6 Å². The first-order valence-electron chi connectivity index (χ1n) is 4.81. The maximum atomic E-state index is 11.7. The van der Waals surface area contributed by atoms with Gasteiger partial charge in [-0.15, -0.1) is 0 Å². The van der Waals surface area contributed by atoms with Gasteiger partial charge < -0.3 is 4.90 Å². The van der Waals surface area contributed by atoms with Crippen LogP contribution < -0.4 is 10.0 Å². The third-order valence-electron chi connectivity index (χ3n) is 2.60. The Morgan fingerprint density at radius 2 is 2.24 bits per heavy atom. The van der Waals surface area contributed by atoms with E-state index in [1.54, 1.807) is 6.07 Å². The van der Waals surface area contributed by atoms with E-state index in [9.17, 15) is 13.2 Å². The molecule has 1 fully saturated rings. The highest BCUT2D eigenvalue weighted by molar-refractivity contribution is 7.89. The van der Waals surface area contributed by atoms with Crippen LogP contribution in [0.15, 0.2) is 18.5 Å². The van der Waals surface area contributed by atoms with E-state index in [0.717, 1.165) is 0 Å². The zero-order valence-corrected chi connectivity index (χ0v) is 10.3. The van der Waals surface area contributed by atoms with E-state index in [1.165, 1.54) is 17.3 Å². The summed E-state index contributed by atoms with van der Waals surface area (Å²) in [6.07, 6.45) is 2.77. The van der Waals surface area contributed by atoms with E-state index < -0.39 is 15.3 Å². The first-order chi connectivity index (χ1) is 7.89. The van der Waals surface area contributed by atoms with Crippen LogP contribution in [0.5, 0.6) is 0 Å². The largest absolute Gasteiger partial charge is 0.309 e. The number of halogens is 1. The quantitative estimate of drug-likeness (QED) is 0.830. The van der Waals surface area contributed by atoms with Crippen molar-refractivity contribution in [2.75, 3.05) is 11.4 Å². The first kappa shape index (κ1) is 12.3. The van der Waals surface area contributed by atoms with Crippen molar-refractivity contribution in [3.05, 3.63) is 23.5 Å². The molecule has 0 bridgehead atoms. The van der Waals surface area contributed by atoms with E-state index in [4.69, 9.17) is 16.7 Å². The highest BCUT2D eigenvalue weighted by Crippen LogP contribution is 2.29. The number of nitrogens with two attached hydrogens (primary N) is 1. The van der Waals surface area contributed by atoms with Gasteiger partial charge in [-0.3, -0.25) is 9.78 Å². The zero-order valence-electron chi connectivity index (χ0n) is 8.71. The smallest absolute Gasteiger partial charge is 0.228 e. The summed E-state index contributed by atoms with van der Waals surface area (Å²) >= 11 is 5.89. The fourth-order valence-corrected chi connectivity index (χ4v) is 2.67. The number of anilines is 1. The van der Waals surface area contributed by atoms with E-state index in [2.05, 4.69) is 4.98 Å². The van der Waals surface area contributed by atoms with Crippen molar-refractivity contribution in [1.82, 2.24) is 4.98 Å². The SMILES string of the molecule is NS(=O)(=O)C1CC(=O)N(c2ccncc2Cl)C1. The molecule has 2 rings (SSSR count). The van der Waals surface area contributed by atoms with Crippen molar-refractivity contribution >= 4 is 33.2 Å². The second-order valence-corrected chi connectivity index (χ2v) is 6.00. The summed E-state index contributed by atoms with van der Waals surface area (Å²) in [6.45, 7) is 0.0292. The van der Waals surface area contributed by atoms with Gasteiger partial charge in [0.2, 0.25) is 15.9 Å². The zero-order chi connectivity index (χ0) is 12.6. The summed E-state index contributed by atoms with van der Waals surface area (Å²) in [5.41, 5.74) is 0.456. The number of hydrogen-bond acceptors (Lipinski definition) is 4. The lowest BCUT2D eigenvalue weighted by Crippen LogP contribution is -2.32. The van der Waals surface area contributed by atoms with Crippen LogP contribution >= 0.6 is 11.6 Å². The number of nitrogens with zero attached hydrogens (tertiary/aromatic N) is 2. The Kier molecular flexibility index (Phi) is 3.07. The second-order valence-electron chi connectivity index (χ2n) is 3.75. The molecule has 1 aliphatic rings. The predicted molar refractivity (Wildman–Crippen MR) is 63.1 cm³/mol. The Morgan fingerprint density at radius 3 is 2.76 bits per heavy atom. The molecule has 1 atom stereocenters. The monoisotopic (exact) mass is 275 g/mol. The number of carbonyl (C=O) groups excluding carboxylic acids is 1. The van der Waals surface area contributed by atoms with Crippen LogP contribution in [0.4, 0.5) is 5.69 Å². The van der Waals surface area contributed by atoms with Crippen molar-refractivity contribution in [2.45, 2.75) is 11.7 Å². The molecule has 8 heteroatoms. The molecule has 6 nitrogen and oxygen atoms in total. The van der Waals surface area contributed by atoms with E-state index >= 15 is 0 Å². The Morgan fingerprint density at radius 1 is 1.53 bits per heavy atom. The molecule has 0 saturated carbocycles. The lowest BCUT2D eigenvalue weighted by Gasteiger charge is -2.17. The standard InChI is InChI=1S/C9H10ClN3O3S/c10-7-4-12-2-1-8(7)13-5-6(3-9(13)14)17(11,15)16/h1-2,4,6H,3,5H2,(H2,11,15,16). The van der Waals surface area contributed by atoms with Crippen LogP contribution in [0.2, 0.25) is 5.02 Å². The molecule has 1 unspecified atom stereocenters. The van der Waals surface area contributed by atoms with E-state index in [0.29, 0.717) is 10.7 Å².